The Morgan fingerprint density at radius 3 is 2.71 bits per heavy atom. The molecule has 21 heavy (non-hydrogen) atoms. The van der Waals surface area contributed by atoms with Gasteiger partial charge in [0.25, 0.3) is 0 Å². The van der Waals surface area contributed by atoms with Gasteiger partial charge >= 0.3 is 5.97 Å². The van der Waals surface area contributed by atoms with Crippen molar-refractivity contribution in [3.63, 3.8) is 0 Å². The molecule has 0 aliphatic heterocycles. The van der Waals surface area contributed by atoms with Crippen LogP contribution in [-0.4, -0.2) is 22.1 Å². The molecule has 0 fully saturated rings. The fourth-order valence-electron chi connectivity index (χ4n) is 2.16. The van der Waals surface area contributed by atoms with E-state index in [9.17, 15) is 9.18 Å². The average Bonchev–Trinajstić information content (AvgIpc) is 2.91. The highest BCUT2D eigenvalue weighted by Crippen LogP contribution is 2.20. The van der Waals surface area contributed by atoms with Gasteiger partial charge in [-0.3, -0.25) is 4.57 Å². The third kappa shape index (κ3) is 2.50. The first-order valence-electron chi connectivity index (χ1n) is 6.59. The zero-order valence-corrected chi connectivity index (χ0v) is 11.4. The molecule has 0 bridgehead atoms. The smallest absolute Gasteiger partial charge is 0.338 e. The second-order valence-corrected chi connectivity index (χ2v) is 4.51. The number of fused-ring (bicyclic) bond motifs is 1. The number of esters is 1. The van der Waals surface area contributed by atoms with Gasteiger partial charge in [0.15, 0.2) is 0 Å². The minimum atomic E-state index is -0.369. The predicted molar refractivity (Wildman–Crippen MR) is 77.0 cm³/mol. The van der Waals surface area contributed by atoms with Crippen LogP contribution < -0.4 is 0 Å². The second-order valence-electron chi connectivity index (χ2n) is 4.51. The van der Waals surface area contributed by atoms with Crippen LogP contribution in [0.2, 0.25) is 0 Å². The molecule has 0 radical (unpaired) electrons. The molecule has 4 nitrogen and oxygen atoms in total. The Balaban J connectivity index is 2.09. The number of nitrogens with zero attached hydrogens (tertiary/aromatic N) is 2. The maximum absolute atomic E-state index is 13.0. The number of rotatable bonds is 3. The number of imidazole rings is 1. The third-order valence-corrected chi connectivity index (χ3v) is 3.16. The fraction of sp³-hybridized carbons (Fsp3) is 0.125. The van der Waals surface area contributed by atoms with Gasteiger partial charge in [0, 0.05) is 5.69 Å². The van der Waals surface area contributed by atoms with E-state index < -0.39 is 0 Å². The molecule has 0 atom stereocenters. The molecular weight excluding hydrogens is 271 g/mol. The maximum atomic E-state index is 13.0. The van der Waals surface area contributed by atoms with Gasteiger partial charge in [0.05, 0.1) is 23.2 Å². The second kappa shape index (κ2) is 5.36. The van der Waals surface area contributed by atoms with Crippen molar-refractivity contribution >= 4 is 17.0 Å². The topological polar surface area (TPSA) is 44.1 Å². The molecule has 1 aromatic heterocycles. The molecule has 0 unspecified atom stereocenters. The number of hydrogen-bond donors (Lipinski definition) is 0. The molecule has 0 spiro atoms. The van der Waals surface area contributed by atoms with E-state index in [0.717, 1.165) is 16.7 Å². The van der Waals surface area contributed by atoms with Crippen LogP contribution >= 0.6 is 0 Å². The molecule has 0 amide bonds. The van der Waals surface area contributed by atoms with Crippen LogP contribution in [0, 0.1) is 5.82 Å². The van der Waals surface area contributed by atoms with Crippen molar-refractivity contribution in [2.24, 2.45) is 0 Å². The molecule has 0 saturated carbocycles. The number of benzene rings is 2. The molecule has 0 aliphatic rings. The van der Waals surface area contributed by atoms with Gasteiger partial charge in [-0.15, -0.1) is 0 Å². The Bertz CT molecular complexity index is 794. The molecule has 3 rings (SSSR count). The summed E-state index contributed by atoms with van der Waals surface area (Å²) < 4.78 is 19.8. The van der Waals surface area contributed by atoms with E-state index in [4.69, 9.17) is 4.74 Å². The fourth-order valence-corrected chi connectivity index (χ4v) is 2.16. The summed E-state index contributed by atoms with van der Waals surface area (Å²) in [6, 6.07) is 11.3. The quantitative estimate of drug-likeness (QED) is 0.693. The van der Waals surface area contributed by atoms with Crippen LogP contribution in [0.5, 0.6) is 0 Å². The molecule has 1 heterocycles. The lowest BCUT2D eigenvalue weighted by molar-refractivity contribution is 0.0526. The highest BCUT2D eigenvalue weighted by molar-refractivity contribution is 5.94. The molecule has 0 saturated heterocycles. The van der Waals surface area contributed by atoms with Crippen molar-refractivity contribution in [2.75, 3.05) is 6.61 Å². The third-order valence-electron chi connectivity index (χ3n) is 3.16. The summed E-state index contributed by atoms with van der Waals surface area (Å²) in [6.07, 6.45) is 1.65. The maximum Gasteiger partial charge on any atom is 0.338 e. The number of hydrogen-bond acceptors (Lipinski definition) is 3. The van der Waals surface area contributed by atoms with Gasteiger partial charge in [-0.1, -0.05) is 0 Å². The summed E-state index contributed by atoms with van der Waals surface area (Å²) in [7, 11) is 0. The van der Waals surface area contributed by atoms with Gasteiger partial charge in [0.1, 0.15) is 12.1 Å². The van der Waals surface area contributed by atoms with Crippen LogP contribution in [0.3, 0.4) is 0 Å². The largest absolute Gasteiger partial charge is 0.462 e. The Hall–Kier alpha value is -2.69. The van der Waals surface area contributed by atoms with Crippen molar-refractivity contribution in [1.29, 1.82) is 0 Å². The summed E-state index contributed by atoms with van der Waals surface area (Å²) in [5, 5.41) is 0. The molecular formula is C16H13FN2O2. The number of aromatic nitrogens is 2. The standard InChI is InChI=1S/C16H13FN2O2/c1-2-21-16(20)11-3-8-14-15(9-11)19(10-18-14)13-6-4-12(17)5-7-13/h3-10H,2H2,1H3. The van der Waals surface area contributed by atoms with E-state index in [-0.39, 0.29) is 11.8 Å². The molecule has 2 aromatic carbocycles. The van der Waals surface area contributed by atoms with Crippen LogP contribution in [0.25, 0.3) is 16.7 Å². The Morgan fingerprint density at radius 1 is 1.24 bits per heavy atom. The number of ether oxygens (including phenoxy) is 1. The minimum absolute atomic E-state index is 0.296. The van der Waals surface area contributed by atoms with Gasteiger partial charge in [0.2, 0.25) is 0 Å². The molecule has 106 valence electrons. The molecule has 3 aromatic rings. The lowest BCUT2D eigenvalue weighted by atomic mass is 10.2. The van der Waals surface area contributed by atoms with E-state index in [0.29, 0.717) is 12.2 Å². The van der Waals surface area contributed by atoms with E-state index in [1.54, 1.807) is 48.1 Å². The summed E-state index contributed by atoms with van der Waals surface area (Å²) in [5.41, 5.74) is 2.77. The van der Waals surface area contributed by atoms with Gasteiger partial charge in [-0.05, 0) is 49.4 Å². The highest BCUT2D eigenvalue weighted by Gasteiger charge is 2.11. The van der Waals surface area contributed by atoms with Crippen LogP contribution in [-0.2, 0) is 4.74 Å². The van der Waals surface area contributed by atoms with Crippen molar-refractivity contribution in [3.05, 3.63) is 60.2 Å². The highest BCUT2D eigenvalue weighted by atomic mass is 19.1. The van der Waals surface area contributed by atoms with Crippen molar-refractivity contribution in [2.45, 2.75) is 6.92 Å². The number of carbonyl (C=O) groups excluding carboxylic acids is 1. The van der Waals surface area contributed by atoms with E-state index in [1.807, 2.05) is 0 Å². The van der Waals surface area contributed by atoms with E-state index in [2.05, 4.69) is 4.98 Å². The zero-order chi connectivity index (χ0) is 14.8. The SMILES string of the molecule is CCOC(=O)c1ccc2ncn(-c3ccc(F)cc3)c2c1. The van der Waals surface area contributed by atoms with Gasteiger partial charge in [-0.2, -0.15) is 0 Å². The van der Waals surface area contributed by atoms with Gasteiger partial charge < -0.3 is 4.74 Å². The average molecular weight is 284 g/mol. The van der Waals surface area contributed by atoms with Crippen LogP contribution in [0.4, 0.5) is 4.39 Å². The Labute approximate surface area is 120 Å². The normalized spacial score (nSPS) is 10.8. The lowest BCUT2D eigenvalue weighted by Gasteiger charge is -2.06. The van der Waals surface area contributed by atoms with Crippen LogP contribution in [0.1, 0.15) is 17.3 Å². The van der Waals surface area contributed by atoms with E-state index in [1.165, 1.54) is 12.1 Å². The van der Waals surface area contributed by atoms with Crippen molar-refractivity contribution < 1.29 is 13.9 Å². The molecule has 0 N–H and O–H groups in total. The number of carbonyl (C=O) groups is 1. The molecule has 5 heteroatoms. The Morgan fingerprint density at radius 2 is 2.00 bits per heavy atom. The van der Waals surface area contributed by atoms with Gasteiger partial charge in [-0.25, -0.2) is 14.2 Å². The number of halogens is 1. The minimum Gasteiger partial charge on any atom is -0.462 e. The summed E-state index contributed by atoms with van der Waals surface area (Å²) >= 11 is 0. The first-order chi connectivity index (χ1) is 10.2. The lowest BCUT2D eigenvalue weighted by Crippen LogP contribution is -2.04. The molecule has 0 aliphatic carbocycles. The summed E-state index contributed by atoms with van der Waals surface area (Å²) in [4.78, 5) is 16.1. The first kappa shape index (κ1) is 13.3. The zero-order valence-electron chi connectivity index (χ0n) is 11.4. The van der Waals surface area contributed by atoms with E-state index >= 15 is 0 Å². The predicted octanol–water partition coefficient (Wildman–Crippen LogP) is 3.34. The van der Waals surface area contributed by atoms with Crippen molar-refractivity contribution in [3.8, 4) is 5.69 Å². The van der Waals surface area contributed by atoms with Crippen LogP contribution in [0.15, 0.2) is 48.8 Å². The summed E-state index contributed by atoms with van der Waals surface area (Å²) in [5.74, 6) is -0.665. The monoisotopic (exact) mass is 284 g/mol. The van der Waals surface area contributed by atoms with Crippen molar-refractivity contribution in [1.82, 2.24) is 9.55 Å². The Kier molecular flexibility index (Phi) is 3.39. The first-order valence-corrected chi connectivity index (χ1v) is 6.59. The summed E-state index contributed by atoms with van der Waals surface area (Å²) in [6.45, 7) is 2.09.